The molecule has 1 fully saturated rings. The first-order valence-corrected chi connectivity index (χ1v) is 7.56. The zero-order chi connectivity index (χ0) is 15.5. The van der Waals surface area contributed by atoms with Gasteiger partial charge in [0.05, 0.1) is 5.92 Å². The van der Waals surface area contributed by atoms with E-state index in [-0.39, 0.29) is 24.2 Å². The van der Waals surface area contributed by atoms with Gasteiger partial charge in [0.25, 0.3) is 0 Å². The average molecular weight is 361 g/mol. The van der Waals surface area contributed by atoms with Crippen LogP contribution in [-0.2, 0) is 9.59 Å². The summed E-state index contributed by atoms with van der Waals surface area (Å²) < 4.78 is 0.892. The zero-order valence-electron chi connectivity index (χ0n) is 11.6. The van der Waals surface area contributed by atoms with Crippen molar-refractivity contribution in [2.75, 3.05) is 16.8 Å². The van der Waals surface area contributed by atoms with Crippen LogP contribution in [0.2, 0.25) is 0 Å². The van der Waals surface area contributed by atoms with E-state index < -0.39 is 5.92 Å². The highest BCUT2D eigenvalue weighted by molar-refractivity contribution is 9.10. The summed E-state index contributed by atoms with van der Waals surface area (Å²) in [5, 5.41) is 2.64. The minimum absolute atomic E-state index is 0.0627. The van der Waals surface area contributed by atoms with Crippen molar-refractivity contribution in [2.45, 2.75) is 6.42 Å². The number of hydrogen-bond donors (Lipinski definition) is 1. The lowest BCUT2D eigenvalue weighted by Gasteiger charge is -2.16. The van der Waals surface area contributed by atoms with Gasteiger partial charge in [-0.1, -0.05) is 22.0 Å². The Balaban J connectivity index is 1.70. The van der Waals surface area contributed by atoms with Crippen molar-refractivity contribution in [2.24, 2.45) is 5.92 Å². The zero-order valence-corrected chi connectivity index (χ0v) is 13.2. The van der Waals surface area contributed by atoms with Crippen molar-refractivity contribution in [3.8, 4) is 0 Å². The monoisotopic (exact) mass is 360 g/mol. The predicted octanol–water partition coefficient (Wildman–Crippen LogP) is 2.23. The van der Waals surface area contributed by atoms with Gasteiger partial charge in [-0.3, -0.25) is 14.9 Å². The smallest absolute Gasteiger partial charge is 0.232 e. The molecule has 3 rings (SSSR count). The first kappa shape index (κ1) is 14.6. The van der Waals surface area contributed by atoms with E-state index in [1.807, 2.05) is 24.3 Å². The number of amides is 2. The second-order valence-electron chi connectivity index (χ2n) is 4.95. The van der Waals surface area contributed by atoms with Gasteiger partial charge in [-0.15, -0.1) is 0 Å². The van der Waals surface area contributed by atoms with Crippen molar-refractivity contribution in [3.63, 3.8) is 0 Å². The van der Waals surface area contributed by atoms with E-state index in [0.29, 0.717) is 6.54 Å². The molecule has 0 saturated carbocycles. The summed E-state index contributed by atoms with van der Waals surface area (Å²) in [4.78, 5) is 33.9. The molecule has 112 valence electrons. The number of nitrogens with one attached hydrogen (secondary N) is 1. The Morgan fingerprint density at radius 1 is 1.27 bits per heavy atom. The van der Waals surface area contributed by atoms with E-state index in [2.05, 4.69) is 31.2 Å². The fraction of sp³-hybridized carbons (Fsp3) is 0.200. The molecule has 1 atom stereocenters. The molecule has 1 saturated heterocycles. The number of aromatic nitrogens is 2. The molecule has 0 radical (unpaired) electrons. The highest BCUT2D eigenvalue weighted by Crippen LogP contribution is 2.27. The van der Waals surface area contributed by atoms with Gasteiger partial charge in [-0.25, -0.2) is 9.97 Å². The Bertz CT molecular complexity index is 708. The van der Waals surface area contributed by atoms with Gasteiger partial charge in [0.15, 0.2) is 0 Å². The van der Waals surface area contributed by atoms with Gasteiger partial charge >= 0.3 is 0 Å². The van der Waals surface area contributed by atoms with E-state index in [1.54, 1.807) is 23.4 Å². The minimum atomic E-state index is -0.407. The van der Waals surface area contributed by atoms with E-state index in [0.717, 1.165) is 10.2 Å². The van der Waals surface area contributed by atoms with Crippen molar-refractivity contribution >= 4 is 39.4 Å². The molecular weight excluding hydrogens is 348 g/mol. The lowest BCUT2D eigenvalue weighted by Crippen LogP contribution is -2.28. The number of hydrogen-bond acceptors (Lipinski definition) is 4. The Morgan fingerprint density at radius 3 is 2.77 bits per heavy atom. The lowest BCUT2D eigenvalue weighted by molar-refractivity contribution is -0.122. The van der Waals surface area contributed by atoms with Gasteiger partial charge < -0.3 is 4.90 Å². The quantitative estimate of drug-likeness (QED) is 0.910. The SMILES string of the molecule is O=C(Nc1ncccn1)[C@@H]1CC(=O)N(c2cccc(Br)c2)C1. The second-order valence-corrected chi connectivity index (χ2v) is 5.86. The molecule has 2 aromatic rings. The number of benzene rings is 1. The molecule has 6 nitrogen and oxygen atoms in total. The third-order valence-electron chi connectivity index (χ3n) is 3.42. The molecular formula is C15H13BrN4O2. The summed E-state index contributed by atoms with van der Waals surface area (Å²) >= 11 is 3.38. The maximum absolute atomic E-state index is 12.2. The largest absolute Gasteiger partial charge is 0.312 e. The number of rotatable bonds is 3. The topological polar surface area (TPSA) is 75.2 Å². The first-order chi connectivity index (χ1) is 10.6. The molecule has 22 heavy (non-hydrogen) atoms. The third kappa shape index (κ3) is 3.14. The Kier molecular flexibility index (Phi) is 4.15. The molecule has 1 N–H and O–H groups in total. The molecule has 0 unspecified atom stereocenters. The maximum atomic E-state index is 12.2. The van der Waals surface area contributed by atoms with E-state index in [4.69, 9.17) is 0 Å². The van der Waals surface area contributed by atoms with Crippen LogP contribution in [0.4, 0.5) is 11.6 Å². The molecule has 0 bridgehead atoms. The molecule has 2 amide bonds. The molecule has 1 aromatic heterocycles. The normalized spacial score (nSPS) is 17.6. The summed E-state index contributed by atoms with van der Waals surface area (Å²) in [6.07, 6.45) is 3.29. The van der Waals surface area contributed by atoms with Crippen LogP contribution in [0.15, 0.2) is 47.2 Å². The fourth-order valence-electron chi connectivity index (χ4n) is 2.35. The predicted molar refractivity (Wildman–Crippen MR) is 85.3 cm³/mol. The second kappa shape index (κ2) is 6.23. The van der Waals surface area contributed by atoms with Gasteiger partial charge in [-0.05, 0) is 24.3 Å². The molecule has 2 heterocycles. The first-order valence-electron chi connectivity index (χ1n) is 6.77. The number of halogens is 1. The lowest BCUT2D eigenvalue weighted by atomic mass is 10.1. The highest BCUT2D eigenvalue weighted by Gasteiger charge is 2.35. The van der Waals surface area contributed by atoms with Crippen LogP contribution in [0.1, 0.15) is 6.42 Å². The summed E-state index contributed by atoms with van der Waals surface area (Å²) in [7, 11) is 0. The van der Waals surface area contributed by atoms with Crippen LogP contribution in [0.5, 0.6) is 0 Å². The van der Waals surface area contributed by atoms with Crippen LogP contribution < -0.4 is 10.2 Å². The van der Waals surface area contributed by atoms with Gasteiger partial charge in [0, 0.05) is 35.5 Å². The molecule has 0 spiro atoms. The van der Waals surface area contributed by atoms with Gasteiger partial charge in [-0.2, -0.15) is 0 Å². The minimum Gasteiger partial charge on any atom is -0.312 e. The molecule has 1 aromatic carbocycles. The highest BCUT2D eigenvalue weighted by atomic mass is 79.9. The third-order valence-corrected chi connectivity index (χ3v) is 3.91. The Morgan fingerprint density at radius 2 is 2.05 bits per heavy atom. The van der Waals surface area contributed by atoms with Crippen molar-refractivity contribution in [1.82, 2.24) is 9.97 Å². The number of carbonyl (C=O) groups excluding carboxylic acids is 2. The molecule has 0 aliphatic carbocycles. The fourth-order valence-corrected chi connectivity index (χ4v) is 2.74. The summed E-state index contributed by atoms with van der Waals surface area (Å²) in [5.74, 6) is -0.458. The van der Waals surface area contributed by atoms with Gasteiger partial charge in [0.2, 0.25) is 17.8 Å². The Labute approximate surface area is 135 Å². The Hall–Kier alpha value is -2.28. The van der Waals surface area contributed by atoms with Crippen molar-refractivity contribution in [3.05, 3.63) is 47.2 Å². The van der Waals surface area contributed by atoms with E-state index in [1.165, 1.54) is 0 Å². The standard InChI is InChI=1S/C15H13BrN4O2/c16-11-3-1-4-12(8-11)20-9-10(7-13(20)21)14(22)19-15-17-5-2-6-18-15/h1-6,8,10H,7,9H2,(H,17,18,19,22)/t10-/m1/s1. The maximum Gasteiger partial charge on any atom is 0.232 e. The number of carbonyl (C=O) groups is 2. The van der Waals surface area contributed by atoms with E-state index >= 15 is 0 Å². The van der Waals surface area contributed by atoms with E-state index in [9.17, 15) is 9.59 Å². The van der Waals surface area contributed by atoms with Crippen LogP contribution in [0, 0.1) is 5.92 Å². The molecule has 7 heteroatoms. The summed E-state index contributed by atoms with van der Waals surface area (Å²) in [6.45, 7) is 0.355. The van der Waals surface area contributed by atoms with Crippen molar-refractivity contribution < 1.29 is 9.59 Å². The molecule has 1 aliphatic heterocycles. The number of anilines is 2. The number of nitrogens with zero attached hydrogens (tertiary/aromatic N) is 3. The summed E-state index contributed by atoms with van der Waals surface area (Å²) in [5.41, 5.74) is 0.783. The van der Waals surface area contributed by atoms with Gasteiger partial charge in [0.1, 0.15) is 0 Å². The van der Waals surface area contributed by atoms with Crippen LogP contribution in [0.25, 0.3) is 0 Å². The molecule has 1 aliphatic rings. The van der Waals surface area contributed by atoms with Crippen LogP contribution >= 0.6 is 15.9 Å². The van der Waals surface area contributed by atoms with Crippen LogP contribution in [0.3, 0.4) is 0 Å². The van der Waals surface area contributed by atoms with Crippen LogP contribution in [-0.4, -0.2) is 28.3 Å². The summed E-state index contributed by atoms with van der Waals surface area (Å²) in [6, 6.07) is 9.13. The average Bonchev–Trinajstić information content (AvgIpc) is 2.90. The van der Waals surface area contributed by atoms with Crippen molar-refractivity contribution in [1.29, 1.82) is 0 Å².